The first-order valence-corrected chi connectivity index (χ1v) is 6.23. The van der Waals surface area contributed by atoms with Gasteiger partial charge in [0.15, 0.2) is 0 Å². The molecular weight excluding hydrogens is 259 g/mol. The fraction of sp³-hybridized carbons (Fsp3) is 0.818. The van der Waals surface area contributed by atoms with E-state index >= 15 is 0 Å². The van der Waals surface area contributed by atoms with Gasteiger partial charge in [-0.2, -0.15) is 13.2 Å². The van der Waals surface area contributed by atoms with Crippen LogP contribution < -0.4 is 5.73 Å². The Kier molecular flexibility index (Phi) is 3.57. The van der Waals surface area contributed by atoms with E-state index in [0.29, 0.717) is 25.5 Å². The Hall–Kier alpha value is -1.15. The number of fused-ring (bicyclic) bond motifs is 1. The summed E-state index contributed by atoms with van der Waals surface area (Å²) in [5, 5.41) is 6.89. The van der Waals surface area contributed by atoms with E-state index in [2.05, 4.69) is 10.2 Å². The summed E-state index contributed by atoms with van der Waals surface area (Å²) in [5.74, 6) is -0.557. The molecule has 2 N–H and O–H groups in total. The Morgan fingerprint density at radius 2 is 1.95 bits per heavy atom. The van der Waals surface area contributed by atoms with E-state index in [-0.39, 0.29) is 12.1 Å². The number of halogens is 3. The monoisotopic (exact) mass is 277 g/mol. The van der Waals surface area contributed by atoms with Crippen LogP contribution in [0.4, 0.5) is 13.2 Å². The molecule has 1 aromatic heterocycles. The van der Waals surface area contributed by atoms with Gasteiger partial charge in [-0.05, 0) is 13.3 Å². The van der Waals surface area contributed by atoms with Crippen LogP contribution in [0, 0.1) is 0 Å². The second-order valence-electron chi connectivity index (χ2n) is 5.31. The van der Waals surface area contributed by atoms with Gasteiger partial charge in [0.2, 0.25) is 5.82 Å². The number of rotatable bonds is 3. The second kappa shape index (κ2) is 4.75. The van der Waals surface area contributed by atoms with Crippen LogP contribution in [0.3, 0.4) is 0 Å². The molecule has 0 saturated heterocycles. The van der Waals surface area contributed by atoms with Crippen LogP contribution in [-0.2, 0) is 19.3 Å². The maximum Gasteiger partial charge on any atom is 0.451 e. The second-order valence-corrected chi connectivity index (χ2v) is 5.31. The average Bonchev–Trinajstić information content (AvgIpc) is 2.71. The van der Waals surface area contributed by atoms with Gasteiger partial charge in [-0.15, -0.1) is 10.2 Å². The molecular formula is C11H18F3N5. The third-order valence-electron chi connectivity index (χ3n) is 3.48. The van der Waals surface area contributed by atoms with Crippen molar-refractivity contribution in [3.8, 4) is 0 Å². The minimum Gasteiger partial charge on any atom is -0.324 e. The molecule has 1 aliphatic rings. The number of hydrogen-bond donors (Lipinski definition) is 1. The van der Waals surface area contributed by atoms with Gasteiger partial charge in [0.05, 0.1) is 6.54 Å². The van der Waals surface area contributed by atoms with Crippen LogP contribution >= 0.6 is 0 Å². The normalized spacial score (nSPS) is 20.1. The predicted octanol–water partition coefficient (Wildman–Crippen LogP) is 1.24. The summed E-state index contributed by atoms with van der Waals surface area (Å²) in [7, 11) is 0. The molecule has 0 saturated carbocycles. The van der Waals surface area contributed by atoms with Gasteiger partial charge in [-0.3, -0.25) is 4.90 Å². The Labute approximate surface area is 109 Å². The predicted molar refractivity (Wildman–Crippen MR) is 63.2 cm³/mol. The zero-order valence-electron chi connectivity index (χ0n) is 11.0. The molecule has 0 fully saturated rings. The summed E-state index contributed by atoms with van der Waals surface area (Å²) in [5.41, 5.74) is 5.74. The van der Waals surface area contributed by atoms with Gasteiger partial charge in [0.1, 0.15) is 5.82 Å². The first-order chi connectivity index (χ1) is 8.73. The van der Waals surface area contributed by atoms with Crippen molar-refractivity contribution in [3.63, 3.8) is 0 Å². The van der Waals surface area contributed by atoms with Crippen molar-refractivity contribution in [1.29, 1.82) is 0 Å². The Bertz CT molecular complexity index is 452. The molecule has 0 aliphatic carbocycles. The van der Waals surface area contributed by atoms with Crippen molar-refractivity contribution in [2.75, 3.05) is 13.1 Å². The summed E-state index contributed by atoms with van der Waals surface area (Å²) >= 11 is 0. The number of aromatic nitrogens is 3. The lowest BCUT2D eigenvalue weighted by molar-refractivity contribution is -0.148. The van der Waals surface area contributed by atoms with Crippen LogP contribution in [-0.4, -0.2) is 38.3 Å². The Morgan fingerprint density at radius 3 is 2.53 bits per heavy atom. The lowest BCUT2D eigenvalue weighted by Crippen LogP contribution is -2.49. The van der Waals surface area contributed by atoms with Crippen LogP contribution in [0.25, 0.3) is 0 Å². The van der Waals surface area contributed by atoms with Gasteiger partial charge < -0.3 is 10.3 Å². The Balaban J connectivity index is 2.12. The van der Waals surface area contributed by atoms with E-state index < -0.39 is 12.0 Å². The lowest BCUT2D eigenvalue weighted by Gasteiger charge is -2.34. The van der Waals surface area contributed by atoms with E-state index in [4.69, 9.17) is 5.73 Å². The smallest absolute Gasteiger partial charge is 0.324 e. The lowest BCUT2D eigenvalue weighted by atomic mass is 9.99. The Morgan fingerprint density at radius 1 is 1.26 bits per heavy atom. The molecule has 108 valence electrons. The molecule has 2 rings (SSSR count). The van der Waals surface area contributed by atoms with Crippen LogP contribution in [0.15, 0.2) is 0 Å². The maximum atomic E-state index is 12.7. The fourth-order valence-electron chi connectivity index (χ4n) is 2.18. The summed E-state index contributed by atoms with van der Waals surface area (Å²) in [6.45, 7) is 5.70. The molecule has 5 nitrogen and oxygen atoms in total. The highest BCUT2D eigenvalue weighted by Crippen LogP contribution is 2.29. The van der Waals surface area contributed by atoms with Crippen molar-refractivity contribution >= 4 is 0 Å². The summed E-state index contributed by atoms with van der Waals surface area (Å²) in [6, 6.07) is 0. The molecule has 0 spiro atoms. The van der Waals surface area contributed by atoms with Gasteiger partial charge >= 0.3 is 6.18 Å². The average molecular weight is 277 g/mol. The number of nitrogens with zero attached hydrogens (tertiary/aromatic N) is 4. The maximum absolute atomic E-state index is 12.7. The molecule has 19 heavy (non-hydrogen) atoms. The van der Waals surface area contributed by atoms with Crippen LogP contribution in [0.5, 0.6) is 0 Å². The SMILES string of the molecule is CCC(C)(N)CN1CCn2c(nnc2C(F)(F)F)C1. The van der Waals surface area contributed by atoms with Gasteiger partial charge in [-0.1, -0.05) is 6.92 Å². The molecule has 0 aromatic carbocycles. The molecule has 1 unspecified atom stereocenters. The zero-order chi connectivity index (χ0) is 14.3. The van der Waals surface area contributed by atoms with Gasteiger partial charge in [0.25, 0.3) is 0 Å². The van der Waals surface area contributed by atoms with E-state index in [1.54, 1.807) is 0 Å². The van der Waals surface area contributed by atoms with Crippen molar-refractivity contribution in [2.24, 2.45) is 5.73 Å². The summed E-state index contributed by atoms with van der Waals surface area (Å²) in [4.78, 5) is 2.02. The molecule has 8 heteroatoms. The molecule has 1 aromatic rings. The topological polar surface area (TPSA) is 60.0 Å². The molecule has 1 atom stereocenters. The highest BCUT2D eigenvalue weighted by Gasteiger charge is 2.39. The fourth-order valence-corrected chi connectivity index (χ4v) is 2.18. The third kappa shape index (κ3) is 3.06. The summed E-state index contributed by atoms with van der Waals surface area (Å²) < 4.78 is 39.2. The van der Waals surface area contributed by atoms with E-state index in [0.717, 1.165) is 11.0 Å². The quantitative estimate of drug-likeness (QED) is 0.903. The molecule has 1 aliphatic heterocycles. The number of nitrogens with two attached hydrogens (primary N) is 1. The zero-order valence-corrected chi connectivity index (χ0v) is 11.0. The van der Waals surface area contributed by atoms with E-state index in [1.165, 1.54) is 0 Å². The summed E-state index contributed by atoms with van der Waals surface area (Å²) in [6.07, 6.45) is -3.64. The number of alkyl halides is 3. The minimum absolute atomic E-state index is 0.247. The molecule has 0 radical (unpaired) electrons. The van der Waals surface area contributed by atoms with Crippen molar-refractivity contribution < 1.29 is 13.2 Å². The molecule has 0 amide bonds. The molecule has 0 bridgehead atoms. The van der Waals surface area contributed by atoms with E-state index in [9.17, 15) is 13.2 Å². The molecule has 2 heterocycles. The number of hydrogen-bond acceptors (Lipinski definition) is 4. The van der Waals surface area contributed by atoms with Crippen molar-refractivity contribution in [3.05, 3.63) is 11.6 Å². The van der Waals surface area contributed by atoms with E-state index in [1.807, 2.05) is 18.7 Å². The van der Waals surface area contributed by atoms with Gasteiger partial charge in [-0.25, -0.2) is 0 Å². The first kappa shape index (κ1) is 14.3. The largest absolute Gasteiger partial charge is 0.451 e. The van der Waals surface area contributed by atoms with Crippen LogP contribution in [0.2, 0.25) is 0 Å². The minimum atomic E-state index is -4.45. The van der Waals surface area contributed by atoms with Gasteiger partial charge in [0, 0.05) is 25.2 Å². The first-order valence-electron chi connectivity index (χ1n) is 6.23. The van der Waals surface area contributed by atoms with Crippen LogP contribution in [0.1, 0.15) is 31.9 Å². The standard InChI is InChI=1S/C11H18F3N5/c1-3-10(2,15)7-18-4-5-19-8(6-18)16-17-9(19)11(12,13)14/h3-7,15H2,1-2H3. The highest BCUT2D eigenvalue weighted by atomic mass is 19.4. The third-order valence-corrected chi connectivity index (χ3v) is 3.48. The van der Waals surface area contributed by atoms with Crippen molar-refractivity contribution in [2.45, 2.75) is 45.1 Å². The van der Waals surface area contributed by atoms with Crippen molar-refractivity contribution in [1.82, 2.24) is 19.7 Å². The highest BCUT2D eigenvalue weighted by molar-refractivity contribution is 5.02.